The van der Waals surface area contributed by atoms with Gasteiger partial charge in [-0.3, -0.25) is 4.79 Å². The van der Waals surface area contributed by atoms with Crippen LogP contribution in [-0.2, 0) is 14.2 Å². The van der Waals surface area contributed by atoms with E-state index in [1.165, 1.54) is 37.6 Å². The molecule has 1 fully saturated rings. The first-order valence-corrected chi connectivity index (χ1v) is 14.4. The van der Waals surface area contributed by atoms with Crippen molar-refractivity contribution in [2.24, 2.45) is 0 Å². The van der Waals surface area contributed by atoms with Gasteiger partial charge < -0.3 is 48.8 Å². The van der Waals surface area contributed by atoms with E-state index in [0.29, 0.717) is 11.4 Å². The topological polar surface area (TPSA) is 186 Å². The molecule has 3 aromatic heterocycles. The lowest BCUT2D eigenvalue weighted by Gasteiger charge is -2.47. The summed E-state index contributed by atoms with van der Waals surface area (Å²) < 4.78 is 28.9. The van der Waals surface area contributed by atoms with E-state index in [9.17, 15) is 24.6 Å². The van der Waals surface area contributed by atoms with Crippen molar-refractivity contribution < 1.29 is 43.2 Å². The first-order valence-electron chi connectivity index (χ1n) is 14.4. The second-order valence-corrected chi connectivity index (χ2v) is 11.7. The number of aryl methyl sites for hydroxylation is 2. The zero-order chi connectivity index (χ0) is 33.5. The van der Waals surface area contributed by atoms with Gasteiger partial charge in [0.2, 0.25) is 6.29 Å². The average molecular weight is 637 g/mol. The highest BCUT2D eigenvalue weighted by molar-refractivity contribution is 6.06. The summed E-state index contributed by atoms with van der Waals surface area (Å²) in [7, 11) is 4.95. The molecule has 14 nitrogen and oxygen atoms in total. The Kier molecular flexibility index (Phi) is 8.80. The third-order valence-electron chi connectivity index (χ3n) is 7.76. The second kappa shape index (κ2) is 12.5. The normalized spacial score (nSPS) is 20.7. The van der Waals surface area contributed by atoms with Crippen molar-refractivity contribution in [1.29, 1.82) is 0 Å². The first kappa shape index (κ1) is 32.5. The van der Waals surface area contributed by atoms with Gasteiger partial charge in [0.25, 0.3) is 5.91 Å². The molecule has 1 amide bonds. The molecule has 4 aromatic rings. The predicted molar refractivity (Wildman–Crippen MR) is 167 cm³/mol. The molecule has 0 saturated carbocycles. The Bertz CT molecular complexity index is 1850. The molecule has 5 rings (SSSR count). The van der Waals surface area contributed by atoms with Crippen molar-refractivity contribution in [2.45, 2.75) is 57.9 Å². The fraction of sp³-hybridized carbons (Fsp3) is 0.375. The van der Waals surface area contributed by atoms with Crippen LogP contribution in [0.15, 0.2) is 51.8 Å². The van der Waals surface area contributed by atoms with Gasteiger partial charge in [-0.05, 0) is 64.1 Å². The van der Waals surface area contributed by atoms with E-state index in [2.05, 4.69) is 15.3 Å². The number of rotatable bonds is 8. The van der Waals surface area contributed by atoms with Crippen molar-refractivity contribution in [3.8, 4) is 11.5 Å². The van der Waals surface area contributed by atoms with Gasteiger partial charge in [0.05, 0.1) is 11.0 Å². The van der Waals surface area contributed by atoms with Gasteiger partial charge in [0.15, 0.2) is 23.6 Å². The number of nitrogens with zero attached hydrogens (tertiary/aromatic N) is 2. The van der Waals surface area contributed by atoms with Crippen molar-refractivity contribution in [1.82, 2.24) is 9.97 Å². The zero-order valence-electron chi connectivity index (χ0n) is 26.4. The Balaban J connectivity index is 1.42. The molecular weight excluding hydrogens is 600 g/mol. The third kappa shape index (κ3) is 6.14. The minimum absolute atomic E-state index is 0.0128. The highest BCUT2D eigenvalue weighted by Gasteiger charge is 2.53. The van der Waals surface area contributed by atoms with Crippen LogP contribution >= 0.6 is 0 Å². The van der Waals surface area contributed by atoms with Crippen LogP contribution in [0.25, 0.3) is 11.0 Å². The van der Waals surface area contributed by atoms with Crippen LogP contribution in [-0.4, -0.2) is 83.5 Å². The summed E-state index contributed by atoms with van der Waals surface area (Å²) in [6.45, 7) is 6.79. The number of methoxy groups -OCH3 is 1. The number of aromatic hydroxyl groups is 1. The van der Waals surface area contributed by atoms with Crippen LogP contribution in [0.3, 0.4) is 0 Å². The Labute approximate surface area is 263 Å². The van der Waals surface area contributed by atoms with Crippen LogP contribution in [0.4, 0.5) is 11.5 Å². The number of H-pyrrole nitrogens is 1. The van der Waals surface area contributed by atoms with Gasteiger partial charge in [-0.1, -0.05) is 0 Å². The van der Waals surface area contributed by atoms with Gasteiger partial charge in [0.1, 0.15) is 28.9 Å². The summed E-state index contributed by atoms with van der Waals surface area (Å²) >= 11 is 0. The minimum atomic E-state index is -1.49. The van der Waals surface area contributed by atoms with Crippen LogP contribution in [0.1, 0.15) is 46.0 Å². The molecule has 0 spiro atoms. The molecule has 4 N–H and O–H groups in total. The SMILES string of the molecule is CO[C@@H]1[C@@H](OC(=O)c2ccc(C)[nH]2)[C@@H](O)[C@H](Oc2ccc3c(O)c(NC(=O)c4ccnc(N(C)C)c4)c(=O)oc3c2C)OC1(C)C. The van der Waals surface area contributed by atoms with Crippen molar-refractivity contribution in [2.75, 3.05) is 31.4 Å². The highest BCUT2D eigenvalue weighted by atomic mass is 16.7. The number of aliphatic hydroxyl groups excluding tert-OH is 1. The molecule has 0 bridgehead atoms. The van der Waals surface area contributed by atoms with Crippen molar-refractivity contribution in [3.05, 3.63) is 75.5 Å². The van der Waals surface area contributed by atoms with Crippen LogP contribution in [0, 0.1) is 13.8 Å². The van der Waals surface area contributed by atoms with Gasteiger partial charge in [-0.2, -0.15) is 0 Å². The number of hydrogen-bond acceptors (Lipinski definition) is 12. The summed E-state index contributed by atoms with van der Waals surface area (Å²) in [6.07, 6.45) is -3.42. The van der Waals surface area contributed by atoms with Crippen LogP contribution in [0.5, 0.6) is 11.5 Å². The number of pyridine rings is 1. The molecule has 46 heavy (non-hydrogen) atoms. The maximum Gasteiger partial charge on any atom is 0.364 e. The molecule has 1 aromatic carbocycles. The van der Waals surface area contributed by atoms with E-state index < -0.39 is 59.1 Å². The number of fused-ring (bicyclic) bond motifs is 1. The number of aromatic amines is 1. The van der Waals surface area contributed by atoms with E-state index in [1.54, 1.807) is 58.8 Å². The molecule has 244 valence electrons. The Morgan fingerprint density at radius 3 is 2.52 bits per heavy atom. The molecule has 1 aliphatic heterocycles. The Morgan fingerprint density at radius 1 is 1.13 bits per heavy atom. The number of aliphatic hydroxyl groups is 1. The second-order valence-electron chi connectivity index (χ2n) is 11.7. The van der Waals surface area contributed by atoms with Gasteiger partial charge in [-0.25, -0.2) is 14.6 Å². The standard InChI is InChI=1S/C32H36N4O10/c1-15-8-10-19(34-15)29(40)45-26-24(38)31(46-32(3,4)27(26)42-7)43-20-11-9-18-23(37)22(30(41)44-25(18)16(20)2)35-28(39)17-12-13-33-21(14-17)36(5)6/h8-14,24,26-27,31,34,37-38H,1-7H3,(H,35,39)/t24-,26+,27-,31-/m1/s1. The highest BCUT2D eigenvalue weighted by Crippen LogP contribution is 2.38. The number of carbonyl (C=O) groups is 2. The largest absolute Gasteiger partial charge is 0.505 e. The van der Waals surface area contributed by atoms with Crippen molar-refractivity contribution in [3.63, 3.8) is 0 Å². The number of benzene rings is 1. The predicted octanol–water partition coefficient (Wildman–Crippen LogP) is 3.27. The first-order chi connectivity index (χ1) is 21.7. The fourth-order valence-electron chi connectivity index (χ4n) is 5.34. The summed E-state index contributed by atoms with van der Waals surface area (Å²) in [5.74, 6) is -1.16. The molecule has 0 unspecified atom stereocenters. The van der Waals surface area contributed by atoms with Crippen molar-refractivity contribution >= 4 is 34.4 Å². The van der Waals surface area contributed by atoms with Gasteiger partial charge >= 0.3 is 11.6 Å². The number of anilines is 2. The number of amides is 1. The lowest BCUT2D eigenvalue weighted by molar-refractivity contribution is -0.305. The van der Waals surface area contributed by atoms with E-state index in [1.807, 2.05) is 0 Å². The van der Waals surface area contributed by atoms with E-state index >= 15 is 0 Å². The number of ether oxygens (including phenoxy) is 4. The summed E-state index contributed by atoms with van der Waals surface area (Å²) in [4.78, 5) is 47.6. The molecule has 0 radical (unpaired) electrons. The number of nitrogens with one attached hydrogen (secondary N) is 2. The van der Waals surface area contributed by atoms with Gasteiger partial charge in [0, 0.05) is 44.2 Å². The fourth-order valence-corrected chi connectivity index (χ4v) is 5.34. The number of hydrogen-bond donors (Lipinski definition) is 4. The molecule has 1 saturated heterocycles. The molecular formula is C32H36N4O10. The molecule has 4 atom stereocenters. The lowest BCUT2D eigenvalue weighted by atomic mass is 9.89. The van der Waals surface area contributed by atoms with E-state index in [-0.39, 0.29) is 28.0 Å². The molecule has 4 heterocycles. The molecule has 14 heteroatoms. The quantitative estimate of drug-likeness (QED) is 0.164. The number of aromatic nitrogens is 2. The smallest absolute Gasteiger partial charge is 0.364 e. The van der Waals surface area contributed by atoms with Gasteiger partial charge in [-0.15, -0.1) is 0 Å². The van der Waals surface area contributed by atoms with E-state index in [0.717, 1.165) is 5.69 Å². The van der Waals surface area contributed by atoms with Crippen LogP contribution < -0.4 is 20.6 Å². The maximum atomic E-state index is 13.0. The summed E-state index contributed by atoms with van der Waals surface area (Å²) in [6, 6.07) is 9.23. The Morgan fingerprint density at radius 2 is 1.87 bits per heavy atom. The third-order valence-corrected chi connectivity index (χ3v) is 7.76. The molecule has 0 aliphatic carbocycles. The van der Waals surface area contributed by atoms with Crippen LogP contribution in [0.2, 0.25) is 0 Å². The minimum Gasteiger partial charge on any atom is -0.505 e. The summed E-state index contributed by atoms with van der Waals surface area (Å²) in [5, 5.41) is 24.9. The Hall–Kier alpha value is -4.92. The number of esters is 1. The molecule has 1 aliphatic rings. The monoisotopic (exact) mass is 636 g/mol. The zero-order valence-corrected chi connectivity index (χ0v) is 26.4. The average Bonchev–Trinajstić information content (AvgIpc) is 3.45. The van der Waals surface area contributed by atoms with E-state index in [4.69, 9.17) is 23.4 Å². The summed E-state index contributed by atoms with van der Waals surface area (Å²) in [5.41, 5.74) is -1.05. The maximum absolute atomic E-state index is 13.0. The number of carbonyl (C=O) groups excluding carboxylic acids is 2. The lowest BCUT2D eigenvalue weighted by Crippen LogP contribution is -2.65.